The minimum atomic E-state index is -0.236. The zero-order valence-electron chi connectivity index (χ0n) is 16.3. The molecule has 3 N–H and O–H groups in total. The van der Waals surface area contributed by atoms with Crippen LogP contribution in [0.25, 0.3) is 0 Å². The molecule has 1 saturated heterocycles. The maximum absolute atomic E-state index is 13.6. The van der Waals surface area contributed by atoms with Crippen LogP contribution in [0.5, 0.6) is 0 Å². The summed E-state index contributed by atoms with van der Waals surface area (Å²) in [5.41, 5.74) is 7.99. The van der Waals surface area contributed by atoms with Crippen LogP contribution in [-0.2, 0) is 4.74 Å². The maximum Gasteiger partial charge on any atom is 0.128 e. The molecule has 2 atom stereocenters. The van der Waals surface area contributed by atoms with Crippen molar-refractivity contribution in [1.29, 1.82) is 0 Å². The molecule has 1 aromatic carbocycles. The van der Waals surface area contributed by atoms with E-state index in [0.717, 1.165) is 44.6 Å². The van der Waals surface area contributed by atoms with E-state index < -0.39 is 0 Å². The topological polar surface area (TPSA) is 50.5 Å². The molecule has 1 saturated carbocycles. The first kappa shape index (κ1) is 19.4. The van der Waals surface area contributed by atoms with Gasteiger partial charge in [-0.05, 0) is 69.6 Å². The Hall–Kier alpha value is -1.33. The summed E-state index contributed by atoms with van der Waals surface area (Å²) in [5, 5.41) is 3.53. The molecule has 0 amide bonds. The summed E-state index contributed by atoms with van der Waals surface area (Å²) >= 11 is 0. The average Bonchev–Trinajstić information content (AvgIpc) is 2.65. The molecule has 0 bridgehead atoms. The number of hydrogen-bond donors (Lipinski definition) is 2. The van der Waals surface area contributed by atoms with Gasteiger partial charge in [-0.15, -0.1) is 0 Å². The number of nitrogen functional groups attached to an aromatic ring is 1. The minimum absolute atomic E-state index is 0.236. The van der Waals surface area contributed by atoms with Gasteiger partial charge >= 0.3 is 0 Å². The Balaban J connectivity index is 1.49. The number of rotatable bonds is 6. The molecule has 0 spiro atoms. The Morgan fingerprint density at radius 1 is 1.23 bits per heavy atom. The van der Waals surface area contributed by atoms with Crippen molar-refractivity contribution in [3.8, 4) is 0 Å². The Morgan fingerprint density at radius 2 is 2.00 bits per heavy atom. The highest BCUT2D eigenvalue weighted by Crippen LogP contribution is 2.29. The summed E-state index contributed by atoms with van der Waals surface area (Å²) < 4.78 is 19.6. The van der Waals surface area contributed by atoms with Gasteiger partial charge in [-0.3, -0.25) is 0 Å². The van der Waals surface area contributed by atoms with E-state index in [-0.39, 0.29) is 5.82 Å². The number of hydrogen-bond acceptors (Lipinski definition) is 4. The standard InChI is InChI=1S/C21H34FN3O/c1-3-11-26-18-6-4-5-17(13-18)25-9-7-16(8-10-25)24-21-12-15(2)19(22)14-20(21)23/h12,14,16-18,24H,3-11,13,23H2,1-2H3/t17-,18+/m0/s1. The zero-order valence-corrected chi connectivity index (χ0v) is 16.3. The molecule has 0 aromatic heterocycles. The Kier molecular flexibility index (Phi) is 6.76. The zero-order chi connectivity index (χ0) is 18.5. The molecule has 1 aromatic rings. The van der Waals surface area contributed by atoms with Crippen LogP contribution in [0.2, 0.25) is 0 Å². The fraction of sp³-hybridized carbons (Fsp3) is 0.714. The molecule has 5 heteroatoms. The Morgan fingerprint density at radius 3 is 2.73 bits per heavy atom. The molecule has 146 valence electrons. The van der Waals surface area contributed by atoms with Crippen molar-refractivity contribution in [2.45, 2.75) is 77.0 Å². The summed E-state index contributed by atoms with van der Waals surface area (Å²) in [5.74, 6) is -0.236. The molecule has 3 rings (SSSR count). The number of nitrogens with two attached hydrogens (primary N) is 1. The van der Waals surface area contributed by atoms with Gasteiger partial charge in [-0.25, -0.2) is 4.39 Å². The van der Waals surface area contributed by atoms with E-state index in [9.17, 15) is 4.39 Å². The van der Waals surface area contributed by atoms with Crippen LogP contribution >= 0.6 is 0 Å². The highest BCUT2D eigenvalue weighted by molar-refractivity contribution is 5.67. The van der Waals surface area contributed by atoms with Gasteiger partial charge in [0.05, 0.1) is 17.5 Å². The van der Waals surface area contributed by atoms with Crippen molar-refractivity contribution in [1.82, 2.24) is 4.90 Å². The van der Waals surface area contributed by atoms with Gasteiger partial charge in [0, 0.05) is 31.8 Å². The number of anilines is 2. The monoisotopic (exact) mass is 363 g/mol. The van der Waals surface area contributed by atoms with Gasteiger partial charge in [-0.2, -0.15) is 0 Å². The van der Waals surface area contributed by atoms with Crippen molar-refractivity contribution >= 4 is 11.4 Å². The summed E-state index contributed by atoms with van der Waals surface area (Å²) in [6.07, 6.45) is 8.74. The third-order valence-corrected chi connectivity index (χ3v) is 5.89. The van der Waals surface area contributed by atoms with Gasteiger partial charge < -0.3 is 20.7 Å². The number of benzene rings is 1. The van der Waals surface area contributed by atoms with E-state index in [1.807, 2.05) is 6.07 Å². The number of halogens is 1. The largest absolute Gasteiger partial charge is 0.397 e. The first-order chi connectivity index (χ1) is 12.6. The number of piperidine rings is 1. The third-order valence-electron chi connectivity index (χ3n) is 5.89. The smallest absolute Gasteiger partial charge is 0.128 e. The molecule has 1 aliphatic heterocycles. The second-order valence-electron chi connectivity index (χ2n) is 7.96. The van der Waals surface area contributed by atoms with Crippen molar-refractivity contribution < 1.29 is 9.13 Å². The molecule has 2 fully saturated rings. The fourth-order valence-electron chi connectivity index (χ4n) is 4.34. The lowest BCUT2D eigenvalue weighted by Crippen LogP contribution is -2.47. The van der Waals surface area contributed by atoms with E-state index in [4.69, 9.17) is 10.5 Å². The molecular weight excluding hydrogens is 329 g/mol. The summed E-state index contributed by atoms with van der Waals surface area (Å²) in [6.45, 7) is 7.07. The number of nitrogens with zero attached hydrogens (tertiary/aromatic N) is 1. The summed E-state index contributed by atoms with van der Waals surface area (Å²) in [6, 6.07) is 4.33. The molecule has 1 heterocycles. The summed E-state index contributed by atoms with van der Waals surface area (Å²) in [7, 11) is 0. The number of likely N-dealkylation sites (tertiary alicyclic amines) is 1. The summed E-state index contributed by atoms with van der Waals surface area (Å²) in [4.78, 5) is 2.65. The molecular formula is C21H34FN3O. The van der Waals surface area contributed by atoms with Crippen LogP contribution in [0.1, 0.15) is 57.4 Å². The maximum atomic E-state index is 13.6. The average molecular weight is 364 g/mol. The fourth-order valence-corrected chi connectivity index (χ4v) is 4.34. The van der Waals surface area contributed by atoms with E-state index in [0.29, 0.717) is 29.4 Å². The molecule has 1 aliphatic carbocycles. The number of ether oxygens (including phenoxy) is 1. The lowest BCUT2D eigenvalue weighted by atomic mass is 9.90. The molecule has 26 heavy (non-hydrogen) atoms. The van der Waals surface area contributed by atoms with Gasteiger partial charge in [0.25, 0.3) is 0 Å². The van der Waals surface area contributed by atoms with Crippen molar-refractivity contribution in [3.05, 3.63) is 23.5 Å². The Labute approximate surface area is 157 Å². The second-order valence-corrected chi connectivity index (χ2v) is 7.96. The number of nitrogens with one attached hydrogen (secondary N) is 1. The number of aryl methyl sites for hydroxylation is 1. The predicted molar refractivity (Wildman–Crippen MR) is 106 cm³/mol. The normalized spacial score (nSPS) is 25.3. The van der Waals surface area contributed by atoms with Crippen molar-refractivity contribution in [2.24, 2.45) is 0 Å². The van der Waals surface area contributed by atoms with Gasteiger partial charge in [0.2, 0.25) is 0 Å². The van der Waals surface area contributed by atoms with Crippen molar-refractivity contribution in [3.63, 3.8) is 0 Å². The quantitative estimate of drug-likeness (QED) is 0.739. The van der Waals surface area contributed by atoms with Gasteiger partial charge in [0.15, 0.2) is 0 Å². The SMILES string of the molecule is CCCO[C@@H]1CCC[C@H](N2CCC(Nc3cc(C)c(F)cc3N)CC2)C1. The Bertz CT molecular complexity index is 587. The first-order valence-electron chi connectivity index (χ1n) is 10.2. The highest BCUT2D eigenvalue weighted by Gasteiger charge is 2.30. The van der Waals surface area contributed by atoms with Crippen LogP contribution in [0, 0.1) is 12.7 Å². The minimum Gasteiger partial charge on any atom is -0.397 e. The van der Waals surface area contributed by atoms with Crippen LogP contribution in [-0.4, -0.2) is 42.8 Å². The first-order valence-corrected chi connectivity index (χ1v) is 10.2. The molecule has 0 unspecified atom stereocenters. The van der Waals surface area contributed by atoms with Gasteiger partial charge in [-0.1, -0.05) is 6.92 Å². The molecule has 0 radical (unpaired) electrons. The van der Waals surface area contributed by atoms with Crippen LogP contribution < -0.4 is 11.1 Å². The van der Waals surface area contributed by atoms with E-state index in [1.54, 1.807) is 6.92 Å². The lowest BCUT2D eigenvalue weighted by molar-refractivity contribution is -0.00514. The van der Waals surface area contributed by atoms with Gasteiger partial charge in [0.1, 0.15) is 5.82 Å². The highest BCUT2D eigenvalue weighted by atomic mass is 19.1. The lowest BCUT2D eigenvalue weighted by Gasteiger charge is -2.41. The predicted octanol–water partition coefficient (Wildman–Crippen LogP) is 4.33. The van der Waals surface area contributed by atoms with E-state index in [1.165, 1.54) is 31.7 Å². The molecule has 4 nitrogen and oxygen atoms in total. The van der Waals surface area contributed by atoms with Crippen LogP contribution in [0.4, 0.5) is 15.8 Å². The van der Waals surface area contributed by atoms with Crippen LogP contribution in [0.3, 0.4) is 0 Å². The molecule has 2 aliphatic rings. The van der Waals surface area contributed by atoms with Crippen molar-refractivity contribution in [2.75, 3.05) is 30.7 Å². The second kappa shape index (κ2) is 9.05. The van der Waals surface area contributed by atoms with E-state index in [2.05, 4.69) is 17.1 Å². The van der Waals surface area contributed by atoms with Crippen LogP contribution in [0.15, 0.2) is 12.1 Å². The van der Waals surface area contributed by atoms with E-state index >= 15 is 0 Å². The third kappa shape index (κ3) is 4.89.